The number of methoxy groups -OCH3 is 1. The number of furan rings is 1. The van der Waals surface area contributed by atoms with Crippen LogP contribution in [0.5, 0.6) is 0 Å². The summed E-state index contributed by atoms with van der Waals surface area (Å²) in [5.41, 5.74) is 1.35. The Morgan fingerprint density at radius 2 is 1.93 bits per heavy atom. The smallest absolute Gasteiger partial charge is 0.337 e. The number of carbonyl (C=O) groups excluding carboxylic acids is 2. The summed E-state index contributed by atoms with van der Waals surface area (Å²) in [5, 5.41) is 0. The number of nitrogens with zero attached hydrogens (tertiary/aromatic N) is 3. The van der Waals surface area contributed by atoms with Gasteiger partial charge in [0.25, 0.3) is 0 Å². The Balaban J connectivity index is 1.58. The molecule has 3 aromatic rings. The standard InChI is InChI=1S/C21H21N3O4/c1-23-13-16(7-10-19(23)25)24-12-11-22-20(24)18-9-8-17(28-18)14-3-5-15(6-4-14)21(26)27-2/h3-6,8-9,11-12,16H,7,10,13H2,1-2H3. The second-order valence-corrected chi connectivity index (χ2v) is 6.86. The first-order chi connectivity index (χ1) is 13.6. The predicted octanol–water partition coefficient (Wildman–Crippen LogP) is 3.39. The fourth-order valence-corrected chi connectivity index (χ4v) is 3.52. The van der Waals surface area contributed by atoms with Gasteiger partial charge in [0.05, 0.1) is 18.7 Å². The molecule has 1 fully saturated rings. The Morgan fingerprint density at radius 1 is 1.18 bits per heavy atom. The first-order valence-electron chi connectivity index (χ1n) is 9.12. The number of aromatic nitrogens is 2. The maximum Gasteiger partial charge on any atom is 0.337 e. The van der Waals surface area contributed by atoms with Crippen LogP contribution < -0.4 is 0 Å². The van der Waals surface area contributed by atoms with Crippen LogP contribution in [0, 0.1) is 0 Å². The van der Waals surface area contributed by atoms with Gasteiger partial charge in [-0.05, 0) is 30.7 Å². The molecule has 1 aromatic carbocycles. The average molecular weight is 379 g/mol. The van der Waals surface area contributed by atoms with Crippen LogP contribution in [0.15, 0.2) is 53.2 Å². The summed E-state index contributed by atoms with van der Waals surface area (Å²) in [6.45, 7) is 0.657. The molecule has 0 radical (unpaired) electrons. The highest BCUT2D eigenvalue weighted by Gasteiger charge is 2.26. The third-order valence-electron chi connectivity index (χ3n) is 5.08. The van der Waals surface area contributed by atoms with Gasteiger partial charge in [0, 0.05) is 38.0 Å². The number of esters is 1. The molecule has 1 aliphatic heterocycles. The predicted molar refractivity (Wildman–Crippen MR) is 103 cm³/mol. The lowest BCUT2D eigenvalue weighted by atomic mass is 10.1. The summed E-state index contributed by atoms with van der Waals surface area (Å²) in [5.74, 6) is 1.90. The molecule has 7 heteroatoms. The molecule has 0 spiro atoms. The molecule has 0 saturated carbocycles. The highest BCUT2D eigenvalue weighted by atomic mass is 16.5. The molecule has 1 saturated heterocycles. The van der Waals surface area contributed by atoms with Crippen LogP contribution in [0.4, 0.5) is 0 Å². The molecule has 4 rings (SSSR count). The normalized spacial score (nSPS) is 17.0. The van der Waals surface area contributed by atoms with Crippen LogP contribution in [-0.2, 0) is 9.53 Å². The first kappa shape index (κ1) is 18.0. The van der Waals surface area contributed by atoms with Gasteiger partial charge in [0.1, 0.15) is 5.76 Å². The molecule has 1 atom stereocenters. The van der Waals surface area contributed by atoms with Crippen molar-refractivity contribution in [3.8, 4) is 22.9 Å². The summed E-state index contributed by atoms with van der Waals surface area (Å²) in [7, 11) is 3.19. The van der Waals surface area contributed by atoms with Crippen molar-refractivity contribution in [3.05, 3.63) is 54.4 Å². The minimum absolute atomic E-state index is 0.174. The highest BCUT2D eigenvalue weighted by molar-refractivity contribution is 5.89. The lowest BCUT2D eigenvalue weighted by Gasteiger charge is -2.31. The van der Waals surface area contributed by atoms with Crippen LogP contribution >= 0.6 is 0 Å². The van der Waals surface area contributed by atoms with E-state index >= 15 is 0 Å². The minimum Gasteiger partial charge on any atom is -0.465 e. The third-order valence-corrected chi connectivity index (χ3v) is 5.08. The number of ether oxygens (including phenoxy) is 1. The van der Waals surface area contributed by atoms with Crippen molar-refractivity contribution >= 4 is 11.9 Å². The zero-order valence-corrected chi connectivity index (χ0v) is 15.8. The lowest BCUT2D eigenvalue weighted by Crippen LogP contribution is -2.37. The van der Waals surface area contributed by atoms with Crippen molar-refractivity contribution in [2.45, 2.75) is 18.9 Å². The van der Waals surface area contributed by atoms with Crippen LogP contribution in [0.1, 0.15) is 29.2 Å². The molecule has 2 aromatic heterocycles. The Bertz CT molecular complexity index is 1000. The van der Waals surface area contributed by atoms with Crippen molar-refractivity contribution < 1.29 is 18.7 Å². The van der Waals surface area contributed by atoms with Gasteiger partial charge in [-0.15, -0.1) is 0 Å². The van der Waals surface area contributed by atoms with Gasteiger partial charge in [-0.25, -0.2) is 9.78 Å². The molecule has 7 nitrogen and oxygen atoms in total. The lowest BCUT2D eigenvalue weighted by molar-refractivity contribution is -0.132. The zero-order chi connectivity index (χ0) is 19.7. The number of hydrogen-bond donors (Lipinski definition) is 0. The first-order valence-corrected chi connectivity index (χ1v) is 9.12. The summed E-state index contributed by atoms with van der Waals surface area (Å²) < 4.78 is 12.8. The fourth-order valence-electron chi connectivity index (χ4n) is 3.52. The number of carbonyl (C=O) groups is 2. The van der Waals surface area contributed by atoms with E-state index in [0.29, 0.717) is 30.0 Å². The largest absolute Gasteiger partial charge is 0.465 e. The monoisotopic (exact) mass is 379 g/mol. The fraction of sp³-hybridized carbons (Fsp3) is 0.286. The van der Waals surface area contributed by atoms with Gasteiger partial charge in [-0.2, -0.15) is 0 Å². The van der Waals surface area contributed by atoms with Crippen LogP contribution in [-0.4, -0.2) is 47.0 Å². The maximum absolute atomic E-state index is 11.8. The highest BCUT2D eigenvalue weighted by Crippen LogP contribution is 2.31. The van der Waals surface area contributed by atoms with Crippen molar-refractivity contribution in [2.24, 2.45) is 0 Å². The molecule has 3 heterocycles. The van der Waals surface area contributed by atoms with Crippen molar-refractivity contribution in [1.82, 2.24) is 14.5 Å². The Hall–Kier alpha value is -3.35. The van der Waals surface area contributed by atoms with Crippen molar-refractivity contribution in [1.29, 1.82) is 0 Å². The number of benzene rings is 1. The number of likely N-dealkylation sites (tertiary alicyclic amines) is 1. The van der Waals surface area contributed by atoms with Crippen LogP contribution in [0.3, 0.4) is 0 Å². The Morgan fingerprint density at radius 3 is 2.64 bits per heavy atom. The van der Waals surface area contributed by atoms with E-state index < -0.39 is 0 Å². The third kappa shape index (κ3) is 3.31. The van der Waals surface area contributed by atoms with Gasteiger partial charge >= 0.3 is 5.97 Å². The van der Waals surface area contributed by atoms with Crippen molar-refractivity contribution in [2.75, 3.05) is 20.7 Å². The SMILES string of the molecule is COC(=O)c1ccc(-c2ccc(-c3nccn3C3CCC(=O)N(C)C3)o2)cc1. The number of hydrogen-bond acceptors (Lipinski definition) is 5. The van der Waals surface area contributed by atoms with E-state index in [9.17, 15) is 9.59 Å². The number of imidazole rings is 1. The van der Waals surface area contributed by atoms with Gasteiger partial charge in [-0.3, -0.25) is 4.79 Å². The van der Waals surface area contributed by atoms with Gasteiger partial charge < -0.3 is 18.6 Å². The summed E-state index contributed by atoms with van der Waals surface area (Å²) in [4.78, 5) is 29.6. The summed E-state index contributed by atoms with van der Waals surface area (Å²) >= 11 is 0. The van der Waals surface area contributed by atoms with Gasteiger partial charge in [-0.1, -0.05) is 12.1 Å². The second kappa shape index (κ2) is 7.34. The zero-order valence-electron chi connectivity index (χ0n) is 15.8. The van der Waals surface area contributed by atoms with E-state index in [1.54, 1.807) is 23.2 Å². The quantitative estimate of drug-likeness (QED) is 0.650. The van der Waals surface area contributed by atoms with Crippen LogP contribution in [0.2, 0.25) is 0 Å². The van der Waals surface area contributed by atoms with Gasteiger partial charge in [0.15, 0.2) is 11.6 Å². The molecule has 1 unspecified atom stereocenters. The molecule has 1 aliphatic rings. The average Bonchev–Trinajstić information content (AvgIpc) is 3.39. The molecule has 1 amide bonds. The van der Waals surface area contributed by atoms with E-state index in [-0.39, 0.29) is 17.9 Å². The number of amides is 1. The van der Waals surface area contributed by atoms with Crippen molar-refractivity contribution in [3.63, 3.8) is 0 Å². The molecular formula is C21H21N3O4. The van der Waals surface area contributed by atoms with E-state index in [1.165, 1.54) is 7.11 Å². The number of piperidine rings is 1. The van der Waals surface area contributed by atoms with Gasteiger partial charge in [0.2, 0.25) is 5.91 Å². The van der Waals surface area contributed by atoms with E-state index in [1.807, 2.05) is 37.5 Å². The molecular weight excluding hydrogens is 358 g/mol. The summed E-state index contributed by atoms with van der Waals surface area (Å²) in [6, 6.07) is 11.0. The minimum atomic E-state index is -0.371. The topological polar surface area (TPSA) is 77.6 Å². The Kier molecular flexibility index (Phi) is 4.73. The van der Waals surface area contributed by atoms with E-state index in [4.69, 9.17) is 9.15 Å². The number of rotatable bonds is 4. The molecule has 0 N–H and O–H groups in total. The Labute approximate surface area is 162 Å². The molecule has 0 bridgehead atoms. The van der Waals surface area contributed by atoms with Crippen LogP contribution in [0.25, 0.3) is 22.9 Å². The molecule has 144 valence electrons. The second-order valence-electron chi connectivity index (χ2n) is 6.86. The molecule has 0 aliphatic carbocycles. The maximum atomic E-state index is 11.8. The number of likely N-dealkylation sites (N-methyl/N-ethyl adjacent to an activating group) is 1. The van der Waals surface area contributed by atoms with E-state index in [2.05, 4.69) is 9.55 Å². The molecule has 28 heavy (non-hydrogen) atoms. The van der Waals surface area contributed by atoms with E-state index in [0.717, 1.165) is 17.8 Å². The summed E-state index contributed by atoms with van der Waals surface area (Å²) in [6.07, 6.45) is 5.00.